The summed E-state index contributed by atoms with van der Waals surface area (Å²) in [5, 5.41) is 7.14. The molecule has 5 rings (SSSR count). The van der Waals surface area contributed by atoms with Gasteiger partial charge in [-0.15, -0.1) is 0 Å². The molecule has 0 spiro atoms. The molecule has 2 aromatic carbocycles. The van der Waals surface area contributed by atoms with Crippen molar-refractivity contribution in [1.29, 1.82) is 0 Å². The summed E-state index contributed by atoms with van der Waals surface area (Å²) in [6.45, 7) is 26.6. The molecule has 40 heavy (non-hydrogen) atoms. The van der Waals surface area contributed by atoms with Gasteiger partial charge in [-0.05, 0) is 105 Å². The van der Waals surface area contributed by atoms with Gasteiger partial charge in [-0.2, -0.15) is 0 Å². The van der Waals surface area contributed by atoms with Gasteiger partial charge < -0.3 is 9.88 Å². The minimum absolute atomic E-state index is 0.0518. The number of anilines is 1. The van der Waals surface area contributed by atoms with E-state index in [4.69, 9.17) is 0 Å². The Hall–Kier alpha value is -1.96. The van der Waals surface area contributed by atoms with E-state index in [0.717, 1.165) is 0 Å². The molecule has 2 aliphatic rings. The Kier molecular flexibility index (Phi) is 7.24. The zero-order chi connectivity index (χ0) is 29.3. The number of hydrogen-bond acceptors (Lipinski definition) is 1. The van der Waals surface area contributed by atoms with Crippen molar-refractivity contribution in [2.45, 2.75) is 168 Å². The number of rotatable bonds is 8. The molecule has 220 valence electrons. The number of hydrogen-bond donors (Lipinski definition) is 1. The molecule has 1 aromatic heterocycles. The highest BCUT2D eigenvalue weighted by Crippen LogP contribution is 2.59. The molecule has 0 bridgehead atoms. The Balaban J connectivity index is 2.03. The molecule has 3 aromatic rings. The summed E-state index contributed by atoms with van der Waals surface area (Å²) in [7, 11) is 0. The molecule has 0 amide bonds. The summed E-state index contributed by atoms with van der Waals surface area (Å²) in [6.07, 6.45) is 12.5. The Morgan fingerprint density at radius 3 is 1.82 bits per heavy atom. The van der Waals surface area contributed by atoms with Crippen LogP contribution < -0.4 is 5.32 Å². The number of nitrogens with one attached hydrogen (secondary N) is 1. The van der Waals surface area contributed by atoms with E-state index in [2.05, 4.69) is 110 Å². The van der Waals surface area contributed by atoms with Crippen molar-refractivity contribution >= 4 is 27.5 Å². The fourth-order valence-electron chi connectivity index (χ4n) is 9.65. The van der Waals surface area contributed by atoms with Crippen LogP contribution in [0.15, 0.2) is 24.3 Å². The van der Waals surface area contributed by atoms with Crippen LogP contribution >= 0.6 is 0 Å². The molecule has 0 unspecified atom stereocenters. The van der Waals surface area contributed by atoms with Gasteiger partial charge in [-0.25, -0.2) is 0 Å². The van der Waals surface area contributed by atoms with Gasteiger partial charge in [0.1, 0.15) is 0 Å². The van der Waals surface area contributed by atoms with Crippen molar-refractivity contribution in [3.05, 3.63) is 41.0 Å². The van der Waals surface area contributed by atoms with Gasteiger partial charge in [0.05, 0.1) is 5.52 Å². The van der Waals surface area contributed by atoms with E-state index in [1.807, 2.05) is 0 Å². The smallest absolute Gasteiger partial charge is 0.0555 e. The topological polar surface area (TPSA) is 17.0 Å². The predicted molar refractivity (Wildman–Crippen MR) is 177 cm³/mol. The second kappa shape index (κ2) is 9.81. The van der Waals surface area contributed by atoms with Crippen LogP contribution in [0.5, 0.6) is 0 Å². The molecule has 0 radical (unpaired) electrons. The first-order valence-corrected chi connectivity index (χ1v) is 16.6. The first-order valence-electron chi connectivity index (χ1n) is 16.6. The SMILES string of the molecule is CCCC1(CCC)CC(C)(C)Nc2c1cc1c3c2c2ccc(C(C)(C)C)cc2n3C(C)(C)CC1(CCC)CCC. The van der Waals surface area contributed by atoms with E-state index in [-0.39, 0.29) is 27.3 Å². The van der Waals surface area contributed by atoms with Crippen LogP contribution in [0.25, 0.3) is 21.8 Å². The Bertz CT molecular complexity index is 1400. The van der Waals surface area contributed by atoms with Crippen molar-refractivity contribution < 1.29 is 0 Å². The molecule has 0 saturated heterocycles. The predicted octanol–water partition coefficient (Wildman–Crippen LogP) is 11.5. The maximum absolute atomic E-state index is 4.18. The number of aromatic nitrogens is 1. The maximum Gasteiger partial charge on any atom is 0.0555 e. The fraction of sp³-hybridized carbons (Fsp3) is 0.684. The van der Waals surface area contributed by atoms with E-state index in [0.29, 0.717) is 0 Å². The van der Waals surface area contributed by atoms with Crippen molar-refractivity contribution in [3.63, 3.8) is 0 Å². The van der Waals surface area contributed by atoms with E-state index in [1.165, 1.54) is 97.3 Å². The standard InChI is InChI=1S/C38H58N2/c1-12-18-37(19-13-2)24-35(8,9)39-32-28(37)23-29-33-31(32)27-17-16-26(34(5,6)7)22-30(27)40(33)36(10,11)25-38(29,20-14-3)21-15-4/h16-17,22-23,39H,12-15,18-21,24-25H2,1-11H3. The van der Waals surface area contributed by atoms with Crippen LogP contribution in [0.4, 0.5) is 5.69 Å². The largest absolute Gasteiger partial charge is 0.379 e. The summed E-state index contributed by atoms with van der Waals surface area (Å²) in [4.78, 5) is 0. The van der Waals surface area contributed by atoms with Crippen molar-refractivity contribution in [2.24, 2.45) is 0 Å². The number of benzene rings is 2. The van der Waals surface area contributed by atoms with Crippen LogP contribution in [0.2, 0.25) is 0 Å². The summed E-state index contributed by atoms with van der Waals surface area (Å²) in [5.74, 6) is 0. The molecule has 2 nitrogen and oxygen atoms in total. The molecule has 0 atom stereocenters. The highest BCUT2D eigenvalue weighted by atomic mass is 15.1. The first kappa shape index (κ1) is 29.5. The molecular weight excluding hydrogens is 484 g/mol. The molecule has 1 N–H and O–H groups in total. The summed E-state index contributed by atoms with van der Waals surface area (Å²) >= 11 is 0. The molecule has 0 saturated carbocycles. The van der Waals surface area contributed by atoms with Gasteiger partial charge in [0.2, 0.25) is 0 Å². The van der Waals surface area contributed by atoms with E-state index in [9.17, 15) is 0 Å². The van der Waals surface area contributed by atoms with Crippen molar-refractivity contribution in [2.75, 3.05) is 5.32 Å². The lowest BCUT2D eigenvalue weighted by atomic mass is 9.60. The van der Waals surface area contributed by atoms with Gasteiger partial charge in [0, 0.05) is 33.1 Å². The van der Waals surface area contributed by atoms with Gasteiger partial charge in [-0.1, -0.05) is 92.3 Å². The average molecular weight is 543 g/mol. The average Bonchev–Trinajstić information content (AvgIpc) is 3.18. The Morgan fingerprint density at radius 2 is 1.30 bits per heavy atom. The fourth-order valence-corrected chi connectivity index (χ4v) is 9.65. The molecule has 0 fully saturated rings. The van der Waals surface area contributed by atoms with Crippen LogP contribution in [0.1, 0.15) is 157 Å². The van der Waals surface area contributed by atoms with Crippen molar-refractivity contribution in [3.8, 4) is 0 Å². The lowest BCUT2D eigenvalue weighted by molar-refractivity contribution is 0.199. The van der Waals surface area contributed by atoms with Crippen LogP contribution in [0.3, 0.4) is 0 Å². The first-order chi connectivity index (χ1) is 18.7. The lowest BCUT2D eigenvalue weighted by Crippen LogP contribution is -2.47. The second-order valence-corrected chi connectivity index (χ2v) is 16.1. The van der Waals surface area contributed by atoms with Crippen LogP contribution in [-0.2, 0) is 21.8 Å². The molecular formula is C38H58N2. The van der Waals surface area contributed by atoms with Gasteiger partial charge in [-0.3, -0.25) is 0 Å². The third kappa shape index (κ3) is 4.42. The third-order valence-corrected chi connectivity index (χ3v) is 10.6. The van der Waals surface area contributed by atoms with E-state index >= 15 is 0 Å². The van der Waals surface area contributed by atoms with Crippen molar-refractivity contribution in [1.82, 2.24) is 4.57 Å². The monoisotopic (exact) mass is 542 g/mol. The molecule has 2 aliphatic heterocycles. The van der Waals surface area contributed by atoms with Gasteiger partial charge >= 0.3 is 0 Å². The van der Waals surface area contributed by atoms with Gasteiger partial charge in [0.25, 0.3) is 0 Å². The Labute approximate surface area is 245 Å². The van der Waals surface area contributed by atoms with E-state index < -0.39 is 0 Å². The summed E-state index contributed by atoms with van der Waals surface area (Å²) < 4.78 is 2.79. The zero-order valence-corrected chi connectivity index (χ0v) is 27.8. The highest BCUT2D eigenvalue weighted by molar-refractivity contribution is 6.17. The van der Waals surface area contributed by atoms with Gasteiger partial charge in [0.15, 0.2) is 0 Å². The normalized spacial score (nSPS) is 20.5. The van der Waals surface area contributed by atoms with Crippen LogP contribution in [0, 0.1) is 0 Å². The molecule has 3 heterocycles. The number of fused-ring (bicyclic) bond motifs is 5. The maximum atomic E-state index is 4.18. The van der Waals surface area contributed by atoms with E-state index in [1.54, 1.807) is 11.1 Å². The number of nitrogens with zero attached hydrogens (tertiary/aromatic N) is 1. The Morgan fingerprint density at radius 1 is 0.750 bits per heavy atom. The quantitative estimate of drug-likeness (QED) is 0.299. The highest BCUT2D eigenvalue weighted by Gasteiger charge is 2.49. The third-order valence-electron chi connectivity index (χ3n) is 10.6. The molecule has 0 aliphatic carbocycles. The zero-order valence-electron chi connectivity index (χ0n) is 27.8. The lowest BCUT2D eigenvalue weighted by Gasteiger charge is -2.51. The second-order valence-electron chi connectivity index (χ2n) is 16.1. The molecule has 2 heteroatoms. The summed E-state index contributed by atoms with van der Waals surface area (Å²) in [6, 6.07) is 10.2. The van der Waals surface area contributed by atoms with Crippen LogP contribution in [-0.4, -0.2) is 10.1 Å². The minimum atomic E-state index is 0.0518. The minimum Gasteiger partial charge on any atom is -0.379 e. The summed E-state index contributed by atoms with van der Waals surface area (Å²) in [5.41, 5.74) is 9.85.